The van der Waals surface area contributed by atoms with E-state index in [0.29, 0.717) is 9.16 Å². The summed E-state index contributed by atoms with van der Waals surface area (Å²) in [6.45, 7) is 0. The number of hydrogen-bond donors (Lipinski definition) is 0. The second kappa shape index (κ2) is 6.09. The van der Waals surface area contributed by atoms with Crippen LogP contribution in [0.4, 0.5) is 0 Å². The van der Waals surface area contributed by atoms with Gasteiger partial charge in [-0.3, -0.25) is 0 Å². The Hall–Kier alpha value is 1.40. The van der Waals surface area contributed by atoms with Crippen molar-refractivity contribution >= 4 is 47.0 Å². The van der Waals surface area contributed by atoms with Crippen molar-refractivity contribution in [2.24, 2.45) is 0 Å². The van der Waals surface area contributed by atoms with Gasteiger partial charge in [0.05, 0.1) is 9.16 Å². The Balaban J connectivity index is 1.82. The summed E-state index contributed by atoms with van der Waals surface area (Å²) in [4.78, 5) is 0. The molecule has 0 aromatic heterocycles. The minimum Gasteiger partial charge on any atom is -0.148 e. The summed E-state index contributed by atoms with van der Waals surface area (Å²) < 4.78 is 9.37. The molecule has 0 N–H and O–H groups in total. The first-order chi connectivity index (χ1) is 6.88. The van der Waals surface area contributed by atoms with Gasteiger partial charge in [-0.2, -0.15) is 0 Å². The molecule has 76 valence electrons. The van der Waals surface area contributed by atoms with Crippen molar-refractivity contribution in [1.82, 2.24) is 0 Å². The van der Waals surface area contributed by atoms with Crippen molar-refractivity contribution < 1.29 is 1.37 Å². The van der Waals surface area contributed by atoms with E-state index in [4.69, 9.17) is 1.37 Å². The predicted octanol–water partition coefficient (Wildman–Crippen LogP) is 3.77. The largest absolute Gasteiger partial charge is 0.148 e. The molecular formula is C9H16S4. The SMILES string of the molecule is [2H]C(C1SCCCS1)C1SCCCS1. The molecule has 2 heterocycles. The van der Waals surface area contributed by atoms with Crippen LogP contribution in [0.25, 0.3) is 0 Å². The minimum absolute atomic E-state index is 0.139. The van der Waals surface area contributed by atoms with Crippen LogP contribution in [0.2, 0.25) is 0 Å². The Morgan fingerprint density at radius 2 is 1.23 bits per heavy atom. The highest BCUT2D eigenvalue weighted by Gasteiger charge is 2.22. The highest BCUT2D eigenvalue weighted by molar-refractivity contribution is 8.19. The summed E-state index contributed by atoms with van der Waals surface area (Å²) in [7, 11) is 0. The van der Waals surface area contributed by atoms with Crippen LogP contribution in [0, 0.1) is 0 Å². The van der Waals surface area contributed by atoms with Crippen LogP contribution in [-0.4, -0.2) is 32.2 Å². The van der Waals surface area contributed by atoms with Gasteiger partial charge in [0.25, 0.3) is 0 Å². The van der Waals surface area contributed by atoms with Crippen LogP contribution in [0.15, 0.2) is 0 Å². The molecule has 13 heavy (non-hydrogen) atoms. The first-order valence-electron chi connectivity index (χ1n) is 5.34. The van der Waals surface area contributed by atoms with Crippen molar-refractivity contribution in [3.63, 3.8) is 0 Å². The van der Waals surface area contributed by atoms with Crippen LogP contribution < -0.4 is 0 Å². The van der Waals surface area contributed by atoms with Crippen molar-refractivity contribution in [2.45, 2.75) is 28.4 Å². The zero-order chi connectivity index (χ0) is 9.80. The number of thioether (sulfide) groups is 4. The van der Waals surface area contributed by atoms with Crippen LogP contribution in [0.3, 0.4) is 0 Å². The van der Waals surface area contributed by atoms with E-state index in [1.807, 2.05) is 47.0 Å². The monoisotopic (exact) mass is 253 g/mol. The highest BCUT2D eigenvalue weighted by atomic mass is 32.2. The van der Waals surface area contributed by atoms with Crippen molar-refractivity contribution in [1.29, 1.82) is 0 Å². The summed E-state index contributed by atoms with van der Waals surface area (Å²) in [5.41, 5.74) is 0. The van der Waals surface area contributed by atoms with E-state index < -0.39 is 0 Å². The zero-order valence-corrected chi connectivity index (χ0v) is 10.9. The molecule has 0 unspecified atom stereocenters. The summed E-state index contributed by atoms with van der Waals surface area (Å²) in [5.74, 6) is 5.09. The van der Waals surface area contributed by atoms with Gasteiger partial charge in [0.15, 0.2) is 0 Å². The molecule has 0 bridgehead atoms. The lowest BCUT2D eigenvalue weighted by molar-refractivity contribution is 0.976. The molecule has 2 fully saturated rings. The maximum absolute atomic E-state index is 8.28. The Bertz CT molecular complexity index is 148. The fraction of sp³-hybridized carbons (Fsp3) is 1.00. The van der Waals surface area contributed by atoms with Gasteiger partial charge in [0, 0.05) is 1.37 Å². The third-order valence-electron chi connectivity index (χ3n) is 2.02. The van der Waals surface area contributed by atoms with Gasteiger partial charge in [-0.05, 0) is 42.2 Å². The van der Waals surface area contributed by atoms with Crippen molar-refractivity contribution in [3.05, 3.63) is 0 Å². The normalized spacial score (nSPS) is 29.2. The fourth-order valence-electron chi connectivity index (χ4n) is 1.36. The summed E-state index contributed by atoms with van der Waals surface area (Å²) in [6.07, 6.45) is 2.81. The summed E-state index contributed by atoms with van der Waals surface area (Å²) >= 11 is 8.05. The van der Waals surface area contributed by atoms with Crippen LogP contribution in [0.5, 0.6) is 0 Å². The van der Waals surface area contributed by atoms with E-state index in [-0.39, 0.29) is 6.40 Å². The van der Waals surface area contributed by atoms with Gasteiger partial charge < -0.3 is 0 Å². The topological polar surface area (TPSA) is 0 Å². The second-order valence-electron chi connectivity index (χ2n) is 3.12. The smallest absolute Gasteiger partial charge is 0.0521 e. The third-order valence-corrected chi connectivity index (χ3v) is 7.69. The van der Waals surface area contributed by atoms with E-state index in [2.05, 4.69) is 0 Å². The maximum atomic E-state index is 8.28. The molecule has 0 radical (unpaired) electrons. The molecule has 2 rings (SSSR count). The van der Waals surface area contributed by atoms with E-state index in [1.165, 1.54) is 35.9 Å². The molecule has 0 aromatic rings. The zero-order valence-electron chi connectivity index (χ0n) is 8.61. The second-order valence-corrected chi connectivity index (χ2v) is 8.71. The molecule has 0 atom stereocenters. The molecule has 4 heteroatoms. The minimum atomic E-state index is 0.139. The molecule has 0 spiro atoms. The van der Waals surface area contributed by atoms with Gasteiger partial charge >= 0.3 is 0 Å². The van der Waals surface area contributed by atoms with E-state index in [0.717, 1.165) is 0 Å². The molecule has 0 aliphatic carbocycles. The summed E-state index contributed by atoms with van der Waals surface area (Å²) in [6, 6.07) is 0. The van der Waals surface area contributed by atoms with Gasteiger partial charge in [-0.25, -0.2) is 0 Å². The quantitative estimate of drug-likeness (QED) is 0.734. The van der Waals surface area contributed by atoms with Gasteiger partial charge in [0.1, 0.15) is 0 Å². The molecular weight excluding hydrogens is 236 g/mol. The molecule has 0 nitrogen and oxygen atoms in total. The predicted molar refractivity (Wildman–Crippen MR) is 71.3 cm³/mol. The molecule has 0 amide bonds. The average molecular weight is 254 g/mol. The van der Waals surface area contributed by atoms with Gasteiger partial charge in [-0.1, -0.05) is 0 Å². The van der Waals surface area contributed by atoms with Crippen molar-refractivity contribution in [2.75, 3.05) is 23.0 Å². The fourth-order valence-corrected chi connectivity index (χ4v) is 7.30. The lowest BCUT2D eigenvalue weighted by Crippen LogP contribution is -2.15. The first kappa shape index (κ1) is 9.61. The Kier molecular flexibility index (Phi) is 4.50. The first-order valence-corrected chi connectivity index (χ1v) is 8.96. The van der Waals surface area contributed by atoms with Gasteiger partial charge in [-0.15, -0.1) is 47.0 Å². The number of rotatable bonds is 2. The summed E-state index contributed by atoms with van der Waals surface area (Å²) in [5, 5.41) is 0. The van der Waals surface area contributed by atoms with E-state index >= 15 is 0 Å². The lowest BCUT2D eigenvalue weighted by Gasteiger charge is -2.27. The van der Waals surface area contributed by atoms with E-state index in [9.17, 15) is 0 Å². The highest BCUT2D eigenvalue weighted by Crippen LogP contribution is 2.41. The average Bonchev–Trinajstić information content (AvgIpc) is 2.30. The maximum Gasteiger partial charge on any atom is 0.0521 e. The molecule has 2 aliphatic heterocycles. The standard InChI is InChI=1S/C9H16S4/c1-3-10-8(11-4-1)7-9-12-5-2-6-13-9/h8-9H,1-7H2/i7D. The van der Waals surface area contributed by atoms with Crippen LogP contribution >= 0.6 is 47.0 Å². The molecule has 2 aliphatic rings. The Labute approximate surface area is 99.5 Å². The molecule has 2 saturated heterocycles. The third kappa shape index (κ3) is 3.80. The van der Waals surface area contributed by atoms with Crippen molar-refractivity contribution in [3.8, 4) is 0 Å². The number of hydrogen-bond acceptors (Lipinski definition) is 4. The molecule has 0 saturated carbocycles. The Morgan fingerprint density at radius 3 is 1.62 bits per heavy atom. The molecule has 0 aromatic carbocycles. The van der Waals surface area contributed by atoms with Gasteiger partial charge in [0.2, 0.25) is 0 Å². The lowest BCUT2D eigenvalue weighted by atomic mass is 10.5. The van der Waals surface area contributed by atoms with E-state index in [1.54, 1.807) is 0 Å². The van der Waals surface area contributed by atoms with Crippen LogP contribution in [0.1, 0.15) is 20.6 Å². The Morgan fingerprint density at radius 1 is 0.846 bits per heavy atom. The van der Waals surface area contributed by atoms with Crippen LogP contribution in [-0.2, 0) is 0 Å².